The van der Waals surface area contributed by atoms with Gasteiger partial charge in [0, 0.05) is 31.5 Å². The monoisotopic (exact) mass is 335 g/mol. The van der Waals surface area contributed by atoms with Gasteiger partial charge in [-0.3, -0.25) is 0 Å². The minimum absolute atomic E-state index is 0.0549. The fraction of sp³-hybridized carbons (Fsp3) is 0.667. The first kappa shape index (κ1) is 16.5. The van der Waals surface area contributed by atoms with Crippen molar-refractivity contribution in [1.82, 2.24) is 13.6 Å². The van der Waals surface area contributed by atoms with Gasteiger partial charge in [-0.2, -0.15) is 4.31 Å². The van der Waals surface area contributed by atoms with Crippen LogP contribution in [0.5, 0.6) is 0 Å². The van der Waals surface area contributed by atoms with Gasteiger partial charge < -0.3 is 4.57 Å². The molecule has 2 heterocycles. The quantitative estimate of drug-likeness (QED) is 0.800. The average Bonchev–Trinajstić information content (AvgIpc) is 2.87. The molecular weight excluding hydrogens is 314 g/mol. The van der Waals surface area contributed by atoms with E-state index >= 15 is 0 Å². The van der Waals surface area contributed by atoms with E-state index in [0.717, 1.165) is 5.69 Å². The average molecular weight is 335 g/mol. The summed E-state index contributed by atoms with van der Waals surface area (Å²) in [5.74, 6) is -0.280. The van der Waals surface area contributed by atoms with Crippen LogP contribution in [0.3, 0.4) is 0 Å². The van der Waals surface area contributed by atoms with Crippen LogP contribution in [0.25, 0.3) is 0 Å². The van der Waals surface area contributed by atoms with E-state index in [2.05, 4.69) is 4.72 Å². The summed E-state index contributed by atoms with van der Waals surface area (Å²) in [5, 5.41) is 0. The molecular formula is C12H21N3O4S2. The van der Waals surface area contributed by atoms with Crippen molar-refractivity contribution in [3.63, 3.8) is 0 Å². The lowest BCUT2D eigenvalue weighted by Gasteiger charge is -2.33. The lowest BCUT2D eigenvalue weighted by atomic mass is 10.2. The van der Waals surface area contributed by atoms with Gasteiger partial charge in [0.05, 0.1) is 17.5 Å². The van der Waals surface area contributed by atoms with Gasteiger partial charge in [0.25, 0.3) is 0 Å². The van der Waals surface area contributed by atoms with Gasteiger partial charge in [-0.05, 0) is 26.0 Å². The molecule has 1 atom stereocenters. The molecule has 1 aromatic rings. The van der Waals surface area contributed by atoms with Crippen LogP contribution < -0.4 is 4.72 Å². The number of aromatic nitrogens is 1. The first-order chi connectivity index (χ1) is 9.77. The molecule has 0 unspecified atom stereocenters. The Kier molecular flexibility index (Phi) is 4.76. The number of rotatable bonds is 6. The van der Waals surface area contributed by atoms with Crippen molar-refractivity contribution in [3.05, 3.63) is 24.0 Å². The van der Waals surface area contributed by atoms with Crippen molar-refractivity contribution < 1.29 is 16.8 Å². The minimum atomic E-state index is -3.49. The number of sulfonamides is 2. The van der Waals surface area contributed by atoms with E-state index in [1.807, 2.05) is 29.8 Å². The second-order valence-corrected chi connectivity index (χ2v) is 9.16. The summed E-state index contributed by atoms with van der Waals surface area (Å²) in [5.41, 5.74) is 0.957. The molecule has 0 aromatic carbocycles. The number of fused-ring (bicyclic) bond motifs is 1. The molecule has 120 valence electrons. The van der Waals surface area contributed by atoms with Crippen molar-refractivity contribution >= 4 is 20.0 Å². The van der Waals surface area contributed by atoms with E-state index in [1.165, 1.54) is 11.2 Å². The highest BCUT2D eigenvalue weighted by Crippen LogP contribution is 2.27. The molecule has 0 amide bonds. The molecule has 0 spiro atoms. The predicted octanol–water partition coefficient (Wildman–Crippen LogP) is 0.134. The third-order valence-electron chi connectivity index (χ3n) is 3.71. The van der Waals surface area contributed by atoms with Crippen LogP contribution in [0, 0.1) is 0 Å². The highest BCUT2D eigenvalue weighted by atomic mass is 32.2. The Morgan fingerprint density at radius 1 is 1.29 bits per heavy atom. The SMILES string of the molecule is CCS(=O)(=O)NCCS(=O)(=O)N1CCn2cccc2[C@H]1C. The zero-order chi connectivity index (χ0) is 15.7. The summed E-state index contributed by atoms with van der Waals surface area (Å²) < 4.78 is 53.2. The van der Waals surface area contributed by atoms with E-state index in [9.17, 15) is 16.8 Å². The van der Waals surface area contributed by atoms with Crippen LogP contribution in [0.1, 0.15) is 25.6 Å². The van der Waals surface area contributed by atoms with E-state index in [-0.39, 0.29) is 24.1 Å². The molecule has 2 rings (SSSR count). The summed E-state index contributed by atoms with van der Waals surface area (Å²) >= 11 is 0. The summed E-state index contributed by atoms with van der Waals surface area (Å²) in [4.78, 5) is 0. The Balaban J connectivity index is 2.04. The lowest BCUT2D eigenvalue weighted by Crippen LogP contribution is -2.43. The summed E-state index contributed by atoms with van der Waals surface area (Å²) in [6, 6.07) is 3.57. The molecule has 0 saturated heterocycles. The van der Waals surface area contributed by atoms with Gasteiger partial charge in [-0.25, -0.2) is 21.6 Å². The third kappa shape index (κ3) is 3.65. The number of nitrogens with zero attached hydrogens (tertiary/aromatic N) is 2. The van der Waals surface area contributed by atoms with Crippen LogP contribution in [-0.4, -0.2) is 50.3 Å². The predicted molar refractivity (Wildman–Crippen MR) is 80.8 cm³/mol. The summed E-state index contributed by atoms with van der Waals surface area (Å²) in [6.45, 7) is 4.29. The van der Waals surface area contributed by atoms with Gasteiger partial charge in [-0.1, -0.05) is 0 Å². The van der Waals surface area contributed by atoms with Crippen molar-refractivity contribution in [2.75, 3.05) is 24.6 Å². The summed E-state index contributed by atoms with van der Waals surface area (Å²) in [7, 11) is -6.85. The molecule has 9 heteroatoms. The Morgan fingerprint density at radius 3 is 2.67 bits per heavy atom. The molecule has 0 aliphatic carbocycles. The molecule has 1 N–H and O–H groups in total. The van der Waals surface area contributed by atoms with Gasteiger partial charge in [0.2, 0.25) is 20.0 Å². The first-order valence-electron chi connectivity index (χ1n) is 6.89. The van der Waals surface area contributed by atoms with E-state index in [0.29, 0.717) is 13.1 Å². The molecule has 0 fully saturated rings. The third-order valence-corrected chi connectivity index (χ3v) is 7.04. The standard InChI is InChI=1S/C12H21N3O4S2/c1-3-20(16,17)13-6-10-21(18,19)15-9-8-14-7-4-5-12(14)11(15)2/h4-5,7,11,13H,3,6,8-10H2,1-2H3/t11-/m1/s1. The fourth-order valence-electron chi connectivity index (χ4n) is 2.48. The Hall–Kier alpha value is -0.900. The van der Waals surface area contributed by atoms with Crippen molar-refractivity contribution in [2.24, 2.45) is 0 Å². The largest absolute Gasteiger partial charge is 0.349 e. The van der Waals surface area contributed by atoms with Gasteiger partial charge >= 0.3 is 0 Å². The van der Waals surface area contributed by atoms with Crippen molar-refractivity contribution in [2.45, 2.75) is 26.4 Å². The second-order valence-electron chi connectivity index (χ2n) is 5.03. The molecule has 1 aliphatic rings. The molecule has 0 bridgehead atoms. The first-order valence-corrected chi connectivity index (χ1v) is 10.1. The highest BCUT2D eigenvalue weighted by molar-refractivity contribution is 7.90. The number of nitrogens with one attached hydrogen (secondary N) is 1. The summed E-state index contributed by atoms with van der Waals surface area (Å²) in [6.07, 6.45) is 1.94. The van der Waals surface area contributed by atoms with Crippen molar-refractivity contribution in [1.29, 1.82) is 0 Å². The lowest BCUT2D eigenvalue weighted by molar-refractivity contribution is 0.282. The van der Waals surface area contributed by atoms with E-state index in [4.69, 9.17) is 0 Å². The molecule has 1 aliphatic heterocycles. The van der Waals surface area contributed by atoms with Gasteiger partial charge in [-0.15, -0.1) is 0 Å². The highest BCUT2D eigenvalue weighted by Gasteiger charge is 2.32. The normalized spacial score (nSPS) is 20.4. The van der Waals surface area contributed by atoms with Gasteiger partial charge in [0.15, 0.2) is 0 Å². The van der Waals surface area contributed by atoms with Crippen LogP contribution in [0.2, 0.25) is 0 Å². The minimum Gasteiger partial charge on any atom is -0.349 e. The number of hydrogen-bond donors (Lipinski definition) is 1. The van der Waals surface area contributed by atoms with Gasteiger partial charge in [0.1, 0.15) is 0 Å². The van der Waals surface area contributed by atoms with E-state index < -0.39 is 20.0 Å². The maximum atomic E-state index is 12.4. The maximum absolute atomic E-state index is 12.4. The van der Waals surface area contributed by atoms with Crippen LogP contribution in [0.15, 0.2) is 18.3 Å². The Bertz CT molecular complexity index is 694. The second kappa shape index (κ2) is 6.07. The van der Waals surface area contributed by atoms with Crippen LogP contribution in [0.4, 0.5) is 0 Å². The Morgan fingerprint density at radius 2 is 2.00 bits per heavy atom. The fourth-order valence-corrected chi connectivity index (χ4v) is 4.77. The van der Waals surface area contributed by atoms with Crippen molar-refractivity contribution in [3.8, 4) is 0 Å². The zero-order valence-electron chi connectivity index (χ0n) is 12.2. The zero-order valence-corrected chi connectivity index (χ0v) is 13.8. The maximum Gasteiger partial charge on any atom is 0.216 e. The topological polar surface area (TPSA) is 88.5 Å². The van der Waals surface area contributed by atoms with Crippen LogP contribution >= 0.6 is 0 Å². The molecule has 0 saturated carbocycles. The Labute approximate surface area is 126 Å². The molecule has 7 nitrogen and oxygen atoms in total. The molecule has 1 aromatic heterocycles. The van der Waals surface area contributed by atoms with E-state index in [1.54, 1.807) is 0 Å². The molecule has 0 radical (unpaired) electrons. The molecule has 21 heavy (non-hydrogen) atoms. The smallest absolute Gasteiger partial charge is 0.216 e. The number of hydrogen-bond acceptors (Lipinski definition) is 4. The van der Waals surface area contributed by atoms with Crippen LogP contribution in [-0.2, 0) is 26.6 Å².